The van der Waals surface area contributed by atoms with Crippen LogP contribution in [0.5, 0.6) is 5.75 Å². The summed E-state index contributed by atoms with van der Waals surface area (Å²) in [7, 11) is 5.09. The number of carbonyl (C=O) groups is 1. The van der Waals surface area contributed by atoms with Gasteiger partial charge in [0.15, 0.2) is 11.6 Å². The number of rotatable bonds is 8. The fourth-order valence-electron chi connectivity index (χ4n) is 1.69. The van der Waals surface area contributed by atoms with Gasteiger partial charge in [0.1, 0.15) is 6.33 Å². The van der Waals surface area contributed by atoms with Crippen molar-refractivity contribution in [1.29, 1.82) is 0 Å². The average molecular weight is 281 g/mol. The van der Waals surface area contributed by atoms with Crippen molar-refractivity contribution in [2.45, 2.75) is 19.8 Å². The molecule has 112 valence electrons. The zero-order chi connectivity index (χ0) is 15.0. The Morgan fingerprint density at radius 2 is 2.20 bits per heavy atom. The van der Waals surface area contributed by atoms with E-state index in [4.69, 9.17) is 4.74 Å². The second-order valence-electron chi connectivity index (χ2n) is 4.35. The topological polar surface area (TPSA) is 79.4 Å². The highest BCUT2D eigenvalue weighted by Crippen LogP contribution is 2.31. The zero-order valence-electron chi connectivity index (χ0n) is 12.6. The number of hydrogen-bond acceptors (Lipinski definition) is 6. The van der Waals surface area contributed by atoms with Gasteiger partial charge in [-0.05, 0) is 6.42 Å². The SMILES string of the molecule is CCCNc1ncnc(N(C)CCC(=O)NC)c1OC. The van der Waals surface area contributed by atoms with E-state index in [9.17, 15) is 4.79 Å². The number of ether oxygens (including phenoxy) is 1. The van der Waals surface area contributed by atoms with Gasteiger partial charge in [-0.3, -0.25) is 4.79 Å². The van der Waals surface area contributed by atoms with Gasteiger partial charge in [-0.1, -0.05) is 6.92 Å². The highest BCUT2D eigenvalue weighted by Gasteiger charge is 2.15. The number of nitrogens with zero attached hydrogens (tertiary/aromatic N) is 3. The number of amides is 1. The summed E-state index contributed by atoms with van der Waals surface area (Å²) in [4.78, 5) is 21.6. The summed E-state index contributed by atoms with van der Waals surface area (Å²) >= 11 is 0. The molecule has 1 aromatic heterocycles. The lowest BCUT2D eigenvalue weighted by Crippen LogP contribution is -2.27. The highest BCUT2D eigenvalue weighted by atomic mass is 16.5. The lowest BCUT2D eigenvalue weighted by molar-refractivity contribution is -0.120. The molecule has 0 atom stereocenters. The molecule has 0 aromatic carbocycles. The van der Waals surface area contributed by atoms with Crippen LogP contribution in [0.25, 0.3) is 0 Å². The number of aromatic nitrogens is 2. The van der Waals surface area contributed by atoms with Crippen molar-refractivity contribution < 1.29 is 9.53 Å². The van der Waals surface area contributed by atoms with Crippen molar-refractivity contribution >= 4 is 17.5 Å². The van der Waals surface area contributed by atoms with Gasteiger partial charge in [-0.2, -0.15) is 0 Å². The van der Waals surface area contributed by atoms with E-state index in [2.05, 4.69) is 27.5 Å². The normalized spacial score (nSPS) is 10.0. The van der Waals surface area contributed by atoms with Crippen molar-refractivity contribution in [3.63, 3.8) is 0 Å². The summed E-state index contributed by atoms with van der Waals surface area (Å²) < 4.78 is 5.40. The molecular formula is C13H23N5O2. The van der Waals surface area contributed by atoms with Gasteiger partial charge in [-0.25, -0.2) is 9.97 Å². The summed E-state index contributed by atoms with van der Waals surface area (Å²) in [6, 6.07) is 0. The molecule has 1 amide bonds. The molecule has 7 heteroatoms. The standard InChI is InChI=1S/C13H23N5O2/c1-5-7-15-12-11(20-4)13(17-9-16-12)18(3)8-6-10(19)14-2/h9H,5-8H2,1-4H3,(H,14,19)(H,15,16,17). The van der Waals surface area contributed by atoms with Gasteiger partial charge >= 0.3 is 0 Å². The van der Waals surface area contributed by atoms with E-state index >= 15 is 0 Å². The molecule has 0 aliphatic heterocycles. The Balaban J connectivity index is 2.84. The monoisotopic (exact) mass is 281 g/mol. The highest BCUT2D eigenvalue weighted by molar-refractivity contribution is 5.76. The van der Waals surface area contributed by atoms with E-state index in [-0.39, 0.29) is 5.91 Å². The summed E-state index contributed by atoms with van der Waals surface area (Å²) in [6.07, 6.45) is 2.89. The lowest BCUT2D eigenvalue weighted by Gasteiger charge is -2.21. The molecule has 0 saturated heterocycles. The number of hydrogen-bond donors (Lipinski definition) is 2. The van der Waals surface area contributed by atoms with Crippen LogP contribution in [0.3, 0.4) is 0 Å². The Morgan fingerprint density at radius 3 is 2.80 bits per heavy atom. The fourth-order valence-corrected chi connectivity index (χ4v) is 1.69. The molecule has 1 heterocycles. The van der Waals surface area contributed by atoms with E-state index < -0.39 is 0 Å². The predicted molar refractivity (Wildman–Crippen MR) is 79.3 cm³/mol. The minimum Gasteiger partial charge on any atom is -0.490 e. The van der Waals surface area contributed by atoms with Crippen molar-refractivity contribution in [2.24, 2.45) is 0 Å². The second-order valence-corrected chi connectivity index (χ2v) is 4.35. The Hall–Kier alpha value is -2.05. The Morgan fingerprint density at radius 1 is 1.45 bits per heavy atom. The van der Waals surface area contributed by atoms with Crippen molar-refractivity contribution in [3.8, 4) is 5.75 Å². The summed E-state index contributed by atoms with van der Waals surface area (Å²) in [5.74, 6) is 1.94. The molecule has 2 N–H and O–H groups in total. The first kappa shape index (κ1) is 16.0. The van der Waals surface area contributed by atoms with Gasteiger partial charge in [-0.15, -0.1) is 0 Å². The third-order valence-electron chi connectivity index (χ3n) is 2.85. The van der Waals surface area contributed by atoms with Gasteiger partial charge in [0.2, 0.25) is 11.7 Å². The molecule has 1 aromatic rings. The van der Waals surface area contributed by atoms with Crippen LogP contribution < -0.4 is 20.3 Å². The van der Waals surface area contributed by atoms with Crippen LogP contribution in [0.2, 0.25) is 0 Å². The minimum absolute atomic E-state index is 0.00537. The first-order chi connectivity index (χ1) is 9.63. The van der Waals surface area contributed by atoms with Gasteiger partial charge in [0, 0.05) is 33.6 Å². The summed E-state index contributed by atoms with van der Waals surface area (Å²) in [5, 5.41) is 5.80. The van der Waals surface area contributed by atoms with Gasteiger partial charge in [0.25, 0.3) is 0 Å². The second kappa shape index (κ2) is 8.19. The third kappa shape index (κ3) is 4.25. The van der Waals surface area contributed by atoms with E-state index in [1.54, 1.807) is 14.2 Å². The van der Waals surface area contributed by atoms with E-state index in [0.717, 1.165) is 13.0 Å². The van der Waals surface area contributed by atoms with Crippen LogP contribution in [0.1, 0.15) is 19.8 Å². The van der Waals surface area contributed by atoms with Crippen LogP contribution in [0.15, 0.2) is 6.33 Å². The molecule has 0 bridgehead atoms. The number of nitrogens with one attached hydrogen (secondary N) is 2. The number of methoxy groups -OCH3 is 1. The van der Waals surface area contributed by atoms with Gasteiger partial charge < -0.3 is 20.3 Å². The maximum atomic E-state index is 11.3. The molecule has 0 radical (unpaired) electrons. The Bertz CT molecular complexity index is 439. The number of anilines is 2. The maximum absolute atomic E-state index is 11.3. The molecule has 0 aliphatic carbocycles. The Kier molecular flexibility index (Phi) is 6.55. The van der Waals surface area contributed by atoms with Gasteiger partial charge in [0.05, 0.1) is 7.11 Å². The zero-order valence-corrected chi connectivity index (χ0v) is 12.6. The first-order valence-corrected chi connectivity index (χ1v) is 6.68. The minimum atomic E-state index is -0.00537. The number of carbonyl (C=O) groups excluding carboxylic acids is 1. The maximum Gasteiger partial charge on any atom is 0.221 e. The Labute approximate surface area is 119 Å². The van der Waals surface area contributed by atoms with E-state index in [1.807, 2.05) is 11.9 Å². The molecule has 0 fully saturated rings. The first-order valence-electron chi connectivity index (χ1n) is 6.68. The molecular weight excluding hydrogens is 258 g/mol. The van der Waals surface area contributed by atoms with Crippen LogP contribution in [-0.4, -0.2) is 50.2 Å². The molecule has 0 spiro atoms. The molecule has 0 aliphatic rings. The molecule has 20 heavy (non-hydrogen) atoms. The fraction of sp³-hybridized carbons (Fsp3) is 0.615. The van der Waals surface area contributed by atoms with Crippen LogP contribution in [-0.2, 0) is 4.79 Å². The van der Waals surface area contributed by atoms with Crippen molar-refractivity contribution in [2.75, 3.05) is 44.5 Å². The molecule has 1 rings (SSSR count). The smallest absolute Gasteiger partial charge is 0.221 e. The third-order valence-corrected chi connectivity index (χ3v) is 2.85. The van der Waals surface area contributed by atoms with Crippen molar-refractivity contribution in [1.82, 2.24) is 15.3 Å². The van der Waals surface area contributed by atoms with Crippen LogP contribution >= 0.6 is 0 Å². The van der Waals surface area contributed by atoms with Crippen LogP contribution in [0, 0.1) is 0 Å². The molecule has 0 unspecified atom stereocenters. The van der Waals surface area contributed by atoms with Crippen molar-refractivity contribution in [3.05, 3.63) is 6.33 Å². The van der Waals surface area contributed by atoms with E-state index in [1.165, 1.54) is 6.33 Å². The largest absolute Gasteiger partial charge is 0.490 e. The van der Waals surface area contributed by atoms with Crippen LogP contribution in [0.4, 0.5) is 11.6 Å². The molecule has 7 nitrogen and oxygen atoms in total. The summed E-state index contributed by atoms with van der Waals surface area (Å²) in [6.45, 7) is 3.45. The van der Waals surface area contributed by atoms with E-state index in [0.29, 0.717) is 30.4 Å². The predicted octanol–water partition coefficient (Wildman–Crippen LogP) is 0.879. The quantitative estimate of drug-likeness (QED) is 0.736. The average Bonchev–Trinajstić information content (AvgIpc) is 2.49. The summed E-state index contributed by atoms with van der Waals surface area (Å²) in [5.41, 5.74) is 0. The molecule has 0 saturated carbocycles. The lowest BCUT2D eigenvalue weighted by atomic mass is 10.3.